The van der Waals surface area contributed by atoms with Gasteiger partial charge in [0.1, 0.15) is 11.6 Å². The summed E-state index contributed by atoms with van der Waals surface area (Å²) < 4.78 is 17.8. The van der Waals surface area contributed by atoms with E-state index in [1.54, 1.807) is 0 Å². The number of carbonyl (C=O) groups is 1. The number of nitrogens with zero attached hydrogens (tertiary/aromatic N) is 1. The van der Waals surface area contributed by atoms with E-state index in [0.29, 0.717) is 11.3 Å². The van der Waals surface area contributed by atoms with E-state index in [2.05, 4.69) is 5.32 Å². The van der Waals surface area contributed by atoms with Crippen LogP contribution >= 0.6 is 0 Å². The van der Waals surface area contributed by atoms with E-state index < -0.39 is 10.8 Å². The number of nitrogens with one attached hydrogen (secondary N) is 1. The molecule has 118 valence electrons. The summed E-state index contributed by atoms with van der Waals surface area (Å²) in [6.45, 7) is 0. The third-order valence-corrected chi connectivity index (χ3v) is 2.95. The molecule has 0 heterocycles. The lowest BCUT2D eigenvalue weighted by Gasteiger charge is -2.08. The Morgan fingerprint density at radius 2 is 1.96 bits per heavy atom. The maximum atomic E-state index is 12.8. The molecule has 1 N–H and O–H groups in total. The third-order valence-electron chi connectivity index (χ3n) is 2.95. The second-order valence-electron chi connectivity index (χ2n) is 4.52. The zero-order valence-electron chi connectivity index (χ0n) is 12.2. The van der Waals surface area contributed by atoms with Crippen LogP contribution in [0.3, 0.4) is 0 Å². The predicted molar refractivity (Wildman–Crippen MR) is 83.7 cm³/mol. The van der Waals surface area contributed by atoms with Crippen molar-refractivity contribution in [3.8, 4) is 5.75 Å². The van der Waals surface area contributed by atoms with Crippen molar-refractivity contribution in [2.24, 2.45) is 0 Å². The maximum Gasteiger partial charge on any atom is 0.271 e. The molecule has 0 bridgehead atoms. The van der Waals surface area contributed by atoms with Crippen LogP contribution in [0.15, 0.2) is 48.5 Å². The topological polar surface area (TPSA) is 81.5 Å². The molecular weight excluding hydrogens is 303 g/mol. The molecule has 0 spiro atoms. The van der Waals surface area contributed by atoms with Crippen LogP contribution in [0.1, 0.15) is 5.56 Å². The van der Waals surface area contributed by atoms with Gasteiger partial charge in [0.2, 0.25) is 5.91 Å². The number of non-ortho nitro benzene ring substituents is 1. The molecule has 0 saturated heterocycles. The Balaban J connectivity index is 2.14. The Labute approximate surface area is 131 Å². The van der Waals surface area contributed by atoms with E-state index in [0.717, 1.165) is 0 Å². The van der Waals surface area contributed by atoms with Gasteiger partial charge in [-0.2, -0.15) is 0 Å². The minimum Gasteiger partial charge on any atom is -0.495 e. The average molecular weight is 316 g/mol. The van der Waals surface area contributed by atoms with Gasteiger partial charge in [0.05, 0.1) is 17.7 Å². The van der Waals surface area contributed by atoms with E-state index in [9.17, 15) is 19.3 Å². The monoisotopic (exact) mass is 316 g/mol. The fourth-order valence-electron chi connectivity index (χ4n) is 1.83. The van der Waals surface area contributed by atoms with E-state index in [1.807, 2.05) is 0 Å². The summed E-state index contributed by atoms with van der Waals surface area (Å²) >= 11 is 0. The molecule has 0 fully saturated rings. The highest BCUT2D eigenvalue weighted by molar-refractivity contribution is 6.03. The standard InChI is InChI=1S/C16H13FN2O4/c1-23-15-8-7-13(19(21)22)10-14(15)18-16(20)9-4-11-2-5-12(17)6-3-11/h2-10H,1H3,(H,18,20)/b9-4+. The summed E-state index contributed by atoms with van der Waals surface area (Å²) in [4.78, 5) is 22.1. The first-order valence-corrected chi connectivity index (χ1v) is 6.56. The molecule has 0 unspecified atom stereocenters. The normalized spacial score (nSPS) is 10.5. The van der Waals surface area contributed by atoms with Gasteiger partial charge in [0.25, 0.3) is 5.69 Å². The van der Waals surface area contributed by atoms with E-state index >= 15 is 0 Å². The van der Waals surface area contributed by atoms with Crippen LogP contribution in [0.5, 0.6) is 5.75 Å². The number of benzene rings is 2. The second kappa shape index (κ2) is 7.17. The first kappa shape index (κ1) is 16.2. The quantitative estimate of drug-likeness (QED) is 0.521. The molecule has 0 aliphatic carbocycles. The number of rotatable bonds is 5. The van der Waals surface area contributed by atoms with E-state index in [1.165, 1.54) is 61.7 Å². The van der Waals surface area contributed by atoms with Crippen molar-refractivity contribution in [3.63, 3.8) is 0 Å². The summed E-state index contributed by atoms with van der Waals surface area (Å²) in [5, 5.41) is 13.3. The van der Waals surface area contributed by atoms with Crippen LogP contribution in [0, 0.1) is 15.9 Å². The molecular formula is C16H13FN2O4. The van der Waals surface area contributed by atoms with Crippen LogP contribution in [0.25, 0.3) is 6.08 Å². The van der Waals surface area contributed by atoms with Crippen molar-refractivity contribution < 1.29 is 18.8 Å². The molecule has 1 amide bonds. The van der Waals surface area contributed by atoms with Crippen molar-refractivity contribution in [2.75, 3.05) is 12.4 Å². The number of halogens is 1. The smallest absolute Gasteiger partial charge is 0.271 e. The van der Waals surface area contributed by atoms with E-state index in [4.69, 9.17) is 4.74 Å². The first-order valence-electron chi connectivity index (χ1n) is 6.56. The molecule has 7 heteroatoms. The fourth-order valence-corrected chi connectivity index (χ4v) is 1.83. The zero-order chi connectivity index (χ0) is 16.8. The van der Waals surface area contributed by atoms with Crippen molar-refractivity contribution in [3.05, 3.63) is 70.0 Å². The average Bonchev–Trinajstić information content (AvgIpc) is 2.54. The summed E-state index contributed by atoms with van der Waals surface area (Å²) in [7, 11) is 1.39. The molecule has 2 aromatic carbocycles. The summed E-state index contributed by atoms with van der Waals surface area (Å²) in [6, 6.07) is 9.49. The Morgan fingerprint density at radius 1 is 1.26 bits per heavy atom. The van der Waals surface area contributed by atoms with Crippen molar-refractivity contribution >= 4 is 23.4 Å². The largest absolute Gasteiger partial charge is 0.495 e. The number of ether oxygens (including phenoxy) is 1. The Bertz CT molecular complexity index is 757. The lowest BCUT2D eigenvalue weighted by Crippen LogP contribution is -2.09. The Hall–Kier alpha value is -3.22. The van der Waals surface area contributed by atoms with Gasteiger partial charge in [-0.05, 0) is 29.8 Å². The SMILES string of the molecule is COc1ccc([N+](=O)[O-])cc1NC(=O)/C=C/c1ccc(F)cc1. The van der Waals surface area contributed by atoms with Gasteiger partial charge in [0, 0.05) is 18.2 Å². The highest BCUT2D eigenvalue weighted by Crippen LogP contribution is 2.28. The number of hydrogen-bond acceptors (Lipinski definition) is 4. The van der Waals surface area contributed by atoms with Gasteiger partial charge in [-0.15, -0.1) is 0 Å². The minimum absolute atomic E-state index is 0.163. The van der Waals surface area contributed by atoms with E-state index in [-0.39, 0.29) is 17.2 Å². The predicted octanol–water partition coefficient (Wildman–Crippen LogP) is 3.39. The highest BCUT2D eigenvalue weighted by atomic mass is 19.1. The summed E-state index contributed by atoms with van der Waals surface area (Å²) in [5.74, 6) is -0.555. The highest BCUT2D eigenvalue weighted by Gasteiger charge is 2.12. The molecule has 2 rings (SSSR count). The molecule has 23 heavy (non-hydrogen) atoms. The van der Waals surface area contributed by atoms with Gasteiger partial charge in [-0.25, -0.2) is 4.39 Å². The zero-order valence-corrected chi connectivity index (χ0v) is 12.2. The maximum absolute atomic E-state index is 12.8. The van der Waals surface area contributed by atoms with Gasteiger partial charge in [0.15, 0.2) is 0 Å². The molecule has 2 aromatic rings. The summed E-state index contributed by atoms with van der Waals surface area (Å²) in [5.41, 5.74) is 0.673. The molecule has 0 aliphatic heterocycles. The number of methoxy groups -OCH3 is 1. The number of carbonyl (C=O) groups excluding carboxylic acids is 1. The third kappa shape index (κ3) is 4.37. The van der Waals surface area contributed by atoms with Gasteiger partial charge in [-0.3, -0.25) is 14.9 Å². The molecule has 0 aromatic heterocycles. The summed E-state index contributed by atoms with van der Waals surface area (Å²) in [6.07, 6.45) is 2.74. The van der Waals surface area contributed by atoms with Crippen molar-refractivity contribution in [1.29, 1.82) is 0 Å². The fraction of sp³-hybridized carbons (Fsp3) is 0.0625. The number of nitro groups is 1. The second-order valence-corrected chi connectivity index (χ2v) is 4.52. The number of hydrogen-bond donors (Lipinski definition) is 1. The molecule has 6 nitrogen and oxygen atoms in total. The number of nitro benzene ring substituents is 1. The number of amides is 1. The van der Waals surface area contributed by atoms with Crippen molar-refractivity contribution in [1.82, 2.24) is 0 Å². The molecule has 0 radical (unpaired) electrons. The lowest BCUT2D eigenvalue weighted by atomic mass is 10.2. The first-order chi connectivity index (χ1) is 11.0. The lowest BCUT2D eigenvalue weighted by molar-refractivity contribution is -0.384. The van der Waals surface area contributed by atoms with Crippen molar-refractivity contribution in [2.45, 2.75) is 0 Å². The molecule has 0 saturated carbocycles. The van der Waals surface area contributed by atoms with Crippen LogP contribution in [0.2, 0.25) is 0 Å². The van der Waals surface area contributed by atoms with Crippen LogP contribution in [-0.4, -0.2) is 17.9 Å². The Morgan fingerprint density at radius 3 is 2.57 bits per heavy atom. The number of anilines is 1. The minimum atomic E-state index is -0.566. The molecule has 0 atom stereocenters. The van der Waals surface area contributed by atoms with Crippen LogP contribution in [0.4, 0.5) is 15.8 Å². The van der Waals surface area contributed by atoms with Gasteiger partial charge >= 0.3 is 0 Å². The van der Waals surface area contributed by atoms with Gasteiger partial charge < -0.3 is 10.1 Å². The Kier molecular flexibility index (Phi) is 5.03. The van der Waals surface area contributed by atoms with Crippen LogP contribution in [-0.2, 0) is 4.79 Å². The van der Waals surface area contributed by atoms with Gasteiger partial charge in [-0.1, -0.05) is 12.1 Å². The van der Waals surface area contributed by atoms with Crippen LogP contribution < -0.4 is 10.1 Å². The molecule has 0 aliphatic rings.